The second-order valence-electron chi connectivity index (χ2n) is 3.58. The summed E-state index contributed by atoms with van der Waals surface area (Å²) in [5.74, 6) is 3.61. The molecule has 0 aromatic heterocycles. The predicted molar refractivity (Wildman–Crippen MR) is 68.1 cm³/mol. The molecule has 0 aliphatic carbocycles. The first-order valence-electron chi connectivity index (χ1n) is 4.90. The number of nitrogens with one attached hydrogen (secondary N) is 1. The first-order chi connectivity index (χ1) is 7.13. The van der Waals surface area contributed by atoms with Crippen molar-refractivity contribution in [2.45, 2.75) is 13.8 Å². The van der Waals surface area contributed by atoms with Crippen LogP contribution in [0.4, 0.5) is 0 Å². The van der Waals surface area contributed by atoms with Gasteiger partial charge < -0.3 is 4.90 Å². The Hall–Kier alpha value is -1.14. The van der Waals surface area contributed by atoms with Gasteiger partial charge in [0.2, 0.25) is 0 Å². The van der Waals surface area contributed by atoms with Gasteiger partial charge in [-0.2, -0.15) is 0 Å². The Morgan fingerprint density at radius 1 is 1.60 bits per heavy atom. The molecule has 0 atom stereocenters. The highest BCUT2D eigenvalue weighted by Gasteiger charge is 2.16. The fraction of sp³-hybridized carbons (Fsp3) is 0.417. The van der Waals surface area contributed by atoms with Crippen LogP contribution in [-0.2, 0) is 0 Å². The lowest BCUT2D eigenvalue weighted by atomic mass is 10.2. The summed E-state index contributed by atoms with van der Waals surface area (Å²) in [7, 11) is 0. The highest BCUT2D eigenvalue weighted by atomic mass is 32.2. The molecule has 1 N–H and O–H groups in total. The third kappa shape index (κ3) is 3.85. The molecule has 0 unspecified atom stereocenters. The predicted octanol–water partition coefficient (Wildman–Crippen LogP) is 2.50. The summed E-state index contributed by atoms with van der Waals surface area (Å²) in [5.41, 5.74) is 2.16. The van der Waals surface area contributed by atoms with Gasteiger partial charge in [-0.15, -0.1) is 6.42 Å². The van der Waals surface area contributed by atoms with Crippen molar-refractivity contribution in [2.75, 3.05) is 18.8 Å². The molecule has 1 fully saturated rings. The van der Waals surface area contributed by atoms with Crippen molar-refractivity contribution in [3.05, 3.63) is 23.3 Å². The molecule has 0 spiro atoms. The summed E-state index contributed by atoms with van der Waals surface area (Å²) in [6, 6.07) is 0. The molecule has 80 valence electrons. The number of nitrogens with zero attached hydrogens (tertiary/aromatic N) is 1. The molecule has 1 rings (SSSR count). The summed E-state index contributed by atoms with van der Waals surface area (Å²) in [6.07, 6.45) is 9.23. The van der Waals surface area contributed by atoms with Crippen molar-refractivity contribution in [3.63, 3.8) is 0 Å². The van der Waals surface area contributed by atoms with E-state index in [2.05, 4.69) is 17.7 Å². The molecule has 0 bridgehead atoms. The van der Waals surface area contributed by atoms with Crippen molar-refractivity contribution in [2.24, 2.45) is 0 Å². The molecular formula is C12H16N2S. The van der Waals surface area contributed by atoms with Crippen molar-refractivity contribution in [1.82, 2.24) is 4.90 Å². The van der Waals surface area contributed by atoms with E-state index in [1.54, 1.807) is 11.8 Å². The van der Waals surface area contributed by atoms with Crippen molar-refractivity contribution in [3.8, 4) is 12.3 Å². The van der Waals surface area contributed by atoms with Crippen LogP contribution in [0.3, 0.4) is 0 Å². The first-order valence-corrected chi connectivity index (χ1v) is 5.89. The maximum atomic E-state index is 7.67. The quantitative estimate of drug-likeness (QED) is 0.584. The molecule has 1 aliphatic heterocycles. The minimum absolute atomic E-state index is 0.681. The molecule has 0 aromatic rings. The third-order valence-corrected chi connectivity index (χ3v) is 3.09. The van der Waals surface area contributed by atoms with E-state index in [0.29, 0.717) is 5.17 Å². The van der Waals surface area contributed by atoms with E-state index in [1.807, 2.05) is 19.1 Å². The monoisotopic (exact) mass is 220 g/mol. The van der Waals surface area contributed by atoms with E-state index in [-0.39, 0.29) is 0 Å². The van der Waals surface area contributed by atoms with E-state index in [9.17, 15) is 0 Å². The molecule has 2 nitrogen and oxygen atoms in total. The number of terminal acetylenes is 1. The molecule has 15 heavy (non-hydrogen) atoms. The van der Waals surface area contributed by atoms with Gasteiger partial charge in [0, 0.05) is 18.8 Å². The topological polar surface area (TPSA) is 27.1 Å². The summed E-state index contributed by atoms with van der Waals surface area (Å²) < 4.78 is 0. The van der Waals surface area contributed by atoms with Gasteiger partial charge in [0.1, 0.15) is 0 Å². The lowest BCUT2D eigenvalue weighted by Crippen LogP contribution is -2.25. The van der Waals surface area contributed by atoms with Crippen LogP contribution in [0.25, 0.3) is 0 Å². The van der Waals surface area contributed by atoms with E-state index in [0.717, 1.165) is 24.4 Å². The maximum absolute atomic E-state index is 7.67. The summed E-state index contributed by atoms with van der Waals surface area (Å²) in [4.78, 5) is 2.08. The molecule has 1 saturated heterocycles. The van der Waals surface area contributed by atoms with Crippen LogP contribution in [-0.4, -0.2) is 28.9 Å². The number of hydrogen-bond donors (Lipinski definition) is 1. The second kappa shape index (κ2) is 5.67. The van der Waals surface area contributed by atoms with Crippen LogP contribution in [0.1, 0.15) is 13.8 Å². The number of hydrogen-bond acceptors (Lipinski definition) is 2. The Balaban J connectivity index is 2.52. The summed E-state index contributed by atoms with van der Waals surface area (Å²) in [6.45, 7) is 5.79. The highest BCUT2D eigenvalue weighted by molar-refractivity contribution is 8.14. The highest BCUT2D eigenvalue weighted by Crippen LogP contribution is 2.17. The van der Waals surface area contributed by atoms with Gasteiger partial charge in [0.25, 0.3) is 0 Å². The normalized spacial score (nSPS) is 18.2. The van der Waals surface area contributed by atoms with Gasteiger partial charge in [-0.05, 0) is 19.4 Å². The zero-order valence-electron chi connectivity index (χ0n) is 9.21. The molecule has 1 aliphatic rings. The average molecular weight is 220 g/mol. The summed E-state index contributed by atoms with van der Waals surface area (Å²) >= 11 is 1.61. The SMILES string of the molecule is C#C/C(C)=C\C=C(/C)CN1CCSC1=N. The van der Waals surface area contributed by atoms with Gasteiger partial charge in [-0.25, -0.2) is 0 Å². The van der Waals surface area contributed by atoms with Crippen LogP contribution in [0.15, 0.2) is 23.3 Å². The van der Waals surface area contributed by atoms with Gasteiger partial charge in [-0.1, -0.05) is 35.4 Å². The molecule has 0 aromatic carbocycles. The second-order valence-corrected chi connectivity index (χ2v) is 4.67. The van der Waals surface area contributed by atoms with Crippen LogP contribution in [0, 0.1) is 17.8 Å². The van der Waals surface area contributed by atoms with Crippen LogP contribution in [0.5, 0.6) is 0 Å². The van der Waals surface area contributed by atoms with Gasteiger partial charge in [0.05, 0.1) is 0 Å². The number of thioether (sulfide) groups is 1. The standard InChI is InChI=1S/C12H16N2S/c1-4-10(2)5-6-11(3)9-14-7-8-15-12(14)13/h1,5-6,13H,7-9H2,2-3H3/b10-5-,11-6+,13-12?. The van der Waals surface area contributed by atoms with Crippen LogP contribution >= 0.6 is 11.8 Å². The minimum atomic E-state index is 0.681. The van der Waals surface area contributed by atoms with Crippen molar-refractivity contribution < 1.29 is 0 Å². The number of rotatable bonds is 3. The Morgan fingerprint density at radius 2 is 2.33 bits per heavy atom. The third-order valence-electron chi connectivity index (χ3n) is 2.17. The zero-order valence-corrected chi connectivity index (χ0v) is 10.0. The van der Waals surface area contributed by atoms with Crippen molar-refractivity contribution in [1.29, 1.82) is 5.41 Å². The van der Waals surface area contributed by atoms with Crippen LogP contribution in [0.2, 0.25) is 0 Å². The largest absolute Gasteiger partial charge is 0.347 e. The molecule has 3 heteroatoms. The molecular weight excluding hydrogens is 204 g/mol. The molecule has 0 saturated carbocycles. The van der Waals surface area contributed by atoms with E-state index < -0.39 is 0 Å². The van der Waals surface area contributed by atoms with Crippen LogP contribution < -0.4 is 0 Å². The molecule has 0 amide bonds. The molecule has 0 radical (unpaired) electrons. The maximum Gasteiger partial charge on any atom is 0.156 e. The Bertz CT molecular complexity index is 347. The van der Waals surface area contributed by atoms with Gasteiger partial charge >= 0.3 is 0 Å². The zero-order chi connectivity index (χ0) is 11.3. The van der Waals surface area contributed by atoms with E-state index >= 15 is 0 Å². The first kappa shape index (κ1) is 11.9. The number of amidine groups is 1. The average Bonchev–Trinajstić information content (AvgIpc) is 2.61. The van der Waals surface area contributed by atoms with E-state index in [1.165, 1.54) is 5.57 Å². The Kier molecular flexibility index (Phi) is 4.51. The fourth-order valence-electron chi connectivity index (χ4n) is 1.27. The minimum Gasteiger partial charge on any atom is -0.347 e. The van der Waals surface area contributed by atoms with Gasteiger partial charge in [0.15, 0.2) is 5.17 Å². The smallest absolute Gasteiger partial charge is 0.156 e. The Labute approximate surface area is 95.9 Å². The molecule has 1 heterocycles. The van der Waals surface area contributed by atoms with Crippen molar-refractivity contribution >= 4 is 16.9 Å². The summed E-state index contributed by atoms with van der Waals surface area (Å²) in [5, 5.41) is 8.35. The lowest BCUT2D eigenvalue weighted by molar-refractivity contribution is 0.498. The van der Waals surface area contributed by atoms with E-state index in [4.69, 9.17) is 11.8 Å². The lowest BCUT2D eigenvalue weighted by Gasteiger charge is -2.16. The van der Waals surface area contributed by atoms with Gasteiger partial charge in [-0.3, -0.25) is 5.41 Å². The fourth-order valence-corrected chi connectivity index (χ4v) is 2.11. The number of allylic oxidation sites excluding steroid dienone is 3. The Morgan fingerprint density at radius 3 is 2.87 bits per heavy atom.